The van der Waals surface area contributed by atoms with Crippen LogP contribution in [0.2, 0.25) is 0 Å². The van der Waals surface area contributed by atoms with Gasteiger partial charge in [-0.05, 0) is 107 Å². The van der Waals surface area contributed by atoms with E-state index >= 15 is 0 Å². The molecule has 0 aliphatic carbocycles. The third kappa shape index (κ3) is 7.06. The molecule has 1 aliphatic heterocycles. The Kier molecular flexibility index (Phi) is 9.91. The fourth-order valence-electron chi connectivity index (χ4n) is 4.08. The highest BCUT2D eigenvalue weighted by Crippen LogP contribution is 2.35. The first-order valence-electron chi connectivity index (χ1n) is 12.9. The average molecular weight is 672 g/mol. The predicted molar refractivity (Wildman–Crippen MR) is 165 cm³/mol. The van der Waals surface area contributed by atoms with Crippen LogP contribution < -0.4 is 14.2 Å². The lowest BCUT2D eigenvalue weighted by Crippen LogP contribution is -2.32. The van der Waals surface area contributed by atoms with Crippen LogP contribution in [-0.4, -0.2) is 41.8 Å². The van der Waals surface area contributed by atoms with Crippen molar-refractivity contribution in [3.05, 3.63) is 91.4 Å². The van der Waals surface area contributed by atoms with E-state index in [9.17, 15) is 14.4 Å². The first-order chi connectivity index (χ1) is 19.2. The molecule has 4 rings (SSSR count). The van der Waals surface area contributed by atoms with Crippen LogP contribution in [0.3, 0.4) is 0 Å². The molecule has 208 valence electrons. The molecule has 0 bridgehead atoms. The zero-order valence-electron chi connectivity index (χ0n) is 22.7. The number of nitrogens with zero attached hydrogens (tertiary/aromatic N) is 1. The molecule has 1 fully saturated rings. The molecule has 2 amide bonds. The number of amides is 2. The number of carbonyl (C=O) groups excluding carboxylic acids is 3. The number of hydrogen-bond donors (Lipinski definition) is 0. The van der Waals surface area contributed by atoms with Crippen LogP contribution in [0.25, 0.3) is 6.08 Å². The summed E-state index contributed by atoms with van der Waals surface area (Å²) in [7, 11) is 0. The average Bonchev–Trinajstić information content (AvgIpc) is 3.17. The van der Waals surface area contributed by atoms with Gasteiger partial charge in [0.1, 0.15) is 12.4 Å². The Labute approximate surface area is 252 Å². The van der Waals surface area contributed by atoms with Crippen LogP contribution in [0.1, 0.15) is 53.7 Å². The number of benzene rings is 3. The van der Waals surface area contributed by atoms with Gasteiger partial charge in [-0.25, -0.2) is 4.79 Å². The fraction of sp³-hybridized carbons (Fsp3) is 0.258. The molecule has 9 heteroatoms. The Hall–Kier alpha value is -3.31. The summed E-state index contributed by atoms with van der Waals surface area (Å²) in [6.07, 6.45) is 1.64. The number of aryl methyl sites for hydroxylation is 1. The first-order valence-corrected chi connectivity index (χ1v) is 14.8. The number of rotatable bonds is 10. The summed E-state index contributed by atoms with van der Waals surface area (Å²) in [5.41, 5.74) is 3.25. The third-order valence-electron chi connectivity index (χ3n) is 6.10. The molecule has 3 aromatic carbocycles. The van der Waals surface area contributed by atoms with Crippen LogP contribution in [0.5, 0.6) is 17.2 Å². The van der Waals surface area contributed by atoms with Crippen molar-refractivity contribution in [3.63, 3.8) is 0 Å². The van der Waals surface area contributed by atoms with Crippen molar-refractivity contribution in [2.45, 2.75) is 33.6 Å². The molecule has 7 nitrogen and oxygen atoms in total. The van der Waals surface area contributed by atoms with Gasteiger partial charge in [-0.15, -0.1) is 0 Å². The Bertz CT molecular complexity index is 1470. The molecule has 0 unspecified atom stereocenters. The molecular weight excluding hydrogens is 641 g/mol. The number of halogens is 1. The first kappa shape index (κ1) is 29.7. The van der Waals surface area contributed by atoms with E-state index in [1.165, 1.54) is 4.90 Å². The molecule has 1 aliphatic rings. The zero-order chi connectivity index (χ0) is 28.8. The van der Waals surface area contributed by atoms with Gasteiger partial charge >= 0.3 is 5.97 Å². The minimum absolute atomic E-state index is 0.144. The lowest BCUT2D eigenvalue weighted by molar-refractivity contribution is -0.123. The third-order valence-corrected chi connectivity index (χ3v) is 7.95. The summed E-state index contributed by atoms with van der Waals surface area (Å²) < 4.78 is 18.1. The van der Waals surface area contributed by atoms with Gasteiger partial charge in [0.15, 0.2) is 11.5 Å². The second kappa shape index (κ2) is 13.4. The monoisotopic (exact) mass is 671 g/mol. The Morgan fingerprint density at radius 2 is 1.77 bits per heavy atom. The minimum atomic E-state index is -0.492. The molecule has 40 heavy (non-hydrogen) atoms. The van der Waals surface area contributed by atoms with Crippen molar-refractivity contribution in [2.24, 2.45) is 0 Å². The molecule has 0 saturated carbocycles. The number of imide groups is 1. The lowest BCUT2D eigenvalue weighted by atomic mass is 10.0. The summed E-state index contributed by atoms with van der Waals surface area (Å²) in [6.45, 7) is 8.70. The number of thioether (sulfide) groups is 1. The summed E-state index contributed by atoms with van der Waals surface area (Å²) in [4.78, 5) is 39.9. The molecule has 0 spiro atoms. The van der Waals surface area contributed by atoms with Crippen molar-refractivity contribution in [1.82, 2.24) is 4.90 Å². The van der Waals surface area contributed by atoms with Gasteiger partial charge in [-0.1, -0.05) is 44.2 Å². The molecule has 0 radical (unpaired) electrons. The summed E-state index contributed by atoms with van der Waals surface area (Å²) in [6, 6.07) is 18.2. The van der Waals surface area contributed by atoms with E-state index in [2.05, 4.69) is 36.4 Å². The SMILES string of the molecule is CCOc1cc(/C=C2\SC(=O)N(CCOc3cc(C)ccc3C(C)C)C2=O)ccc1OC(=O)c1ccccc1I. The van der Waals surface area contributed by atoms with Crippen LogP contribution >= 0.6 is 34.4 Å². The standard InChI is InChI=1S/C31H30INO6S/c1-5-37-27-17-21(11-13-25(27)39-30(35)23-8-6-7-9-24(23)32)18-28-29(34)33(31(36)40-28)14-15-38-26-16-20(4)10-12-22(26)19(2)3/h6-13,16-19H,5,14-15H2,1-4H3/b28-18-. The van der Waals surface area contributed by atoms with Crippen molar-refractivity contribution < 1.29 is 28.6 Å². The van der Waals surface area contributed by atoms with E-state index < -0.39 is 5.97 Å². The van der Waals surface area contributed by atoms with Crippen molar-refractivity contribution >= 4 is 57.5 Å². The fourth-order valence-corrected chi connectivity index (χ4v) is 5.56. The van der Waals surface area contributed by atoms with Gasteiger partial charge in [0.2, 0.25) is 0 Å². The normalized spacial score (nSPS) is 14.2. The predicted octanol–water partition coefficient (Wildman–Crippen LogP) is 7.46. The second-order valence-electron chi connectivity index (χ2n) is 9.39. The second-order valence-corrected chi connectivity index (χ2v) is 11.5. The smallest absolute Gasteiger partial charge is 0.344 e. The number of hydrogen-bond acceptors (Lipinski definition) is 7. The quantitative estimate of drug-likeness (QED) is 0.0959. The van der Waals surface area contributed by atoms with Crippen molar-refractivity contribution in [3.8, 4) is 17.2 Å². The van der Waals surface area contributed by atoms with Gasteiger partial charge in [-0.3, -0.25) is 14.5 Å². The summed E-state index contributed by atoms with van der Waals surface area (Å²) in [5.74, 6) is 0.818. The van der Waals surface area contributed by atoms with E-state index in [0.29, 0.717) is 28.4 Å². The Morgan fingerprint density at radius 3 is 2.50 bits per heavy atom. The minimum Gasteiger partial charge on any atom is -0.491 e. The summed E-state index contributed by atoms with van der Waals surface area (Å²) >= 11 is 2.97. The highest BCUT2D eigenvalue weighted by molar-refractivity contribution is 14.1. The topological polar surface area (TPSA) is 82.1 Å². The van der Waals surface area contributed by atoms with E-state index in [1.54, 1.807) is 36.4 Å². The van der Waals surface area contributed by atoms with Gasteiger partial charge in [0.05, 0.1) is 23.6 Å². The molecular formula is C31H30INO6S. The largest absolute Gasteiger partial charge is 0.491 e. The Morgan fingerprint density at radius 1 is 1.00 bits per heavy atom. The maximum absolute atomic E-state index is 13.1. The van der Waals surface area contributed by atoms with E-state index in [0.717, 1.165) is 32.2 Å². The van der Waals surface area contributed by atoms with E-state index in [4.69, 9.17) is 14.2 Å². The molecule has 0 atom stereocenters. The molecule has 1 saturated heterocycles. The van der Waals surface area contributed by atoms with Crippen LogP contribution in [0.15, 0.2) is 65.6 Å². The van der Waals surface area contributed by atoms with Crippen LogP contribution in [0, 0.1) is 10.5 Å². The molecule has 1 heterocycles. The highest BCUT2D eigenvalue weighted by atomic mass is 127. The highest BCUT2D eigenvalue weighted by Gasteiger charge is 2.35. The molecule has 0 N–H and O–H groups in total. The van der Waals surface area contributed by atoms with Crippen molar-refractivity contribution in [1.29, 1.82) is 0 Å². The Balaban J connectivity index is 1.46. The van der Waals surface area contributed by atoms with Crippen LogP contribution in [-0.2, 0) is 4.79 Å². The number of ether oxygens (including phenoxy) is 3. The van der Waals surface area contributed by atoms with Gasteiger partial charge < -0.3 is 14.2 Å². The lowest BCUT2D eigenvalue weighted by Gasteiger charge is -2.17. The van der Waals surface area contributed by atoms with Gasteiger partial charge in [0, 0.05) is 3.57 Å². The van der Waals surface area contributed by atoms with E-state index in [-0.39, 0.29) is 36.0 Å². The molecule has 3 aromatic rings. The van der Waals surface area contributed by atoms with E-state index in [1.807, 2.05) is 44.2 Å². The maximum Gasteiger partial charge on any atom is 0.344 e. The summed E-state index contributed by atoms with van der Waals surface area (Å²) in [5, 5.41) is -0.346. The number of carbonyl (C=O) groups is 3. The number of esters is 1. The maximum atomic E-state index is 13.1. The van der Waals surface area contributed by atoms with Gasteiger partial charge in [-0.2, -0.15) is 0 Å². The van der Waals surface area contributed by atoms with Crippen LogP contribution in [0.4, 0.5) is 4.79 Å². The van der Waals surface area contributed by atoms with Crippen molar-refractivity contribution in [2.75, 3.05) is 19.8 Å². The van der Waals surface area contributed by atoms with Gasteiger partial charge in [0.25, 0.3) is 11.1 Å². The molecule has 0 aromatic heterocycles. The zero-order valence-corrected chi connectivity index (χ0v) is 25.7.